The molecule has 0 aliphatic rings. The van der Waals surface area contributed by atoms with Gasteiger partial charge in [-0.3, -0.25) is 0 Å². The van der Waals surface area contributed by atoms with Gasteiger partial charge in [-0.2, -0.15) is 5.10 Å². The van der Waals surface area contributed by atoms with Crippen LogP contribution in [0.3, 0.4) is 0 Å². The minimum absolute atomic E-state index is 0.00816. The summed E-state index contributed by atoms with van der Waals surface area (Å²) in [6.07, 6.45) is 0. The number of rotatable bonds is 5. The number of benzene rings is 1. The average molecular weight is 274 g/mol. The molecule has 4 N–H and O–H groups in total. The summed E-state index contributed by atoms with van der Waals surface area (Å²) in [5.74, 6) is 0.764. The van der Waals surface area contributed by atoms with Crippen molar-refractivity contribution in [2.45, 2.75) is 32.9 Å². The normalized spacial score (nSPS) is 12.7. The second kappa shape index (κ2) is 5.96. The summed E-state index contributed by atoms with van der Waals surface area (Å²) < 4.78 is 1.86. The molecule has 1 aromatic heterocycles. The molecule has 0 bridgehead atoms. The second-order valence-electron chi connectivity index (χ2n) is 5.18. The van der Waals surface area contributed by atoms with E-state index in [0.29, 0.717) is 5.69 Å². The van der Waals surface area contributed by atoms with E-state index >= 15 is 0 Å². The molecule has 5 heteroatoms. The summed E-state index contributed by atoms with van der Waals surface area (Å²) in [5, 5.41) is 17.4. The molecule has 0 saturated carbocycles. The van der Waals surface area contributed by atoms with Crippen LogP contribution in [0.15, 0.2) is 30.3 Å². The van der Waals surface area contributed by atoms with Crippen molar-refractivity contribution in [3.05, 3.63) is 41.6 Å². The Hall–Kier alpha value is -2.01. The van der Waals surface area contributed by atoms with Gasteiger partial charge in [0.05, 0.1) is 24.0 Å². The zero-order valence-electron chi connectivity index (χ0n) is 12.2. The van der Waals surface area contributed by atoms with Crippen LogP contribution in [0.25, 0.3) is 0 Å². The number of nitrogen functional groups attached to an aromatic ring is 1. The number of nitrogens with one attached hydrogen (secondary N) is 1. The molecule has 1 aromatic carbocycles. The zero-order valence-corrected chi connectivity index (χ0v) is 12.2. The number of aliphatic hydroxyl groups is 1. The molecule has 5 nitrogen and oxygen atoms in total. The van der Waals surface area contributed by atoms with Gasteiger partial charge in [-0.15, -0.1) is 0 Å². The molecule has 0 saturated heterocycles. The quantitative estimate of drug-likeness (QED) is 0.783. The van der Waals surface area contributed by atoms with Crippen molar-refractivity contribution in [3.63, 3.8) is 0 Å². The summed E-state index contributed by atoms with van der Waals surface area (Å²) in [5.41, 5.74) is 8.54. The summed E-state index contributed by atoms with van der Waals surface area (Å²) >= 11 is 0. The monoisotopic (exact) mass is 274 g/mol. The summed E-state index contributed by atoms with van der Waals surface area (Å²) in [6, 6.07) is 9.81. The van der Waals surface area contributed by atoms with E-state index in [4.69, 9.17) is 5.73 Å². The number of hydrogen-bond donors (Lipinski definition) is 3. The Balaban J connectivity index is 2.33. The van der Waals surface area contributed by atoms with Crippen molar-refractivity contribution >= 4 is 11.5 Å². The Bertz CT molecular complexity index is 563. The highest BCUT2D eigenvalue weighted by molar-refractivity contribution is 5.65. The summed E-state index contributed by atoms with van der Waals surface area (Å²) in [7, 11) is 0. The van der Waals surface area contributed by atoms with E-state index in [1.807, 2.05) is 55.8 Å². The molecule has 2 rings (SSSR count). The van der Waals surface area contributed by atoms with Crippen molar-refractivity contribution in [1.29, 1.82) is 0 Å². The Labute approximate surface area is 119 Å². The van der Waals surface area contributed by atoms with E-state index in [1.165, 1.54) is 0 Å². The van der Waals surface area contributed by atoms with Crippen LogP contribution in [-0.2, 0) is 0 Å². The first-order valence-electron chi connectivity index (χ1n) is 6.81. The fourth-order valence-electron chi connectivity index (χ4n) is 2.16. The third kappa shape index (κ3) is 2.77. The fourth-order valence-corrected chi connectivity index (χ4v) is 2.16. The van der Waals surface area contributed by atoms with Crippen LogP contribution < -0.4 is 11.1 Å². The molecule has 1 heterocycles. The van der Waals surface area contributed by atoms with E-state index in [1.54, 1.807) is 0 Å². The van der Waals surface area contributed by atoms with E-state index in [0.717, 1.165) is 17.1 Å². The topological polar surface area (TPSA) is 76.1 Å². The Morgan fingerprint density at radius 1 is 1.30 bits per heavy atom. The number of hydrogen-bond acceptors (Lipinski definition) is 4. The average Bonchev–Trinajstić information content (AvgIpc) is 2.73. The van der Waals surface area contributed by atoms with E-state index in [2.05, 4.69) is 10.4 Å². The number of nitrogens with zero attached hydrogens (tertiary/aromatic N) is 2. The molecule has 0 spiro atoms. The lowest BCUT2D eigenvalue weighted by molar-refractivity contribution is 0.275. The van der Waals surface area contributed by atoms with Gasteiger partial charge in [0.25, 0.3) is 0 Å². The Kier molecular flexibility index (Phi) is 4.29. The van der Waals surface area contributed by atoms with Crippen LogP contribution >= 0.6 is 0 Å². The lowest BCUT2D eigenvalue weighted by Crippen LogP contribution is -2.19. The SMILES string of the molecule is Cc1nn(C(C)C)c(NC(CO)c2ccccc2)c1N. The van der Waals surface area contributed by atoms with Gasteiger partial charge >= 0.3 is 0 Å². The molecule has 0 amide bonds. The van der Waals surface area contributed by atoms with Crippen molar-refractivity contribution in [2.75, 3.05) is 17.7 Å². The van der Waals surface area contributed by atoms with Gasteiger partial charge in [-0.25, -0.2) is 4.68 Å². The maximum Gasteiger partial charge on any atom is 0.148 e. The van der Waals surface area contributed by atoms with Crippen molar-refractivity contribution in [3.8, 4) is 0 Å². The van der Waals surface area contributed by atoms with Gasteiger partial charge < -0.3 is 16.2 Å². The molecule has 20 heavy (non-hydrogen) atoms. The molecule has 0 radical (unpaired) electrons. The molecule has 0 aliphatic carbocycles. The lowest BCUT2D eigenvalue weighted by atomic mass is 10.1. The van der Waals surface area contributed by atoms with Crippen LogP contribution in [0.1, 0.15) is 37.2 Å². The minimum Gasteiger partial charge on any atom is -0.394 e. The third-order valence-corrected chi connectivity index (χ3v) is 3.32. The molecule has 0 fully saturated rings. The highest BCUT2D eigenvalue weighted by atomic mass is 16.3. The fraction of sp³-hybridized carbons (Fsp3) is 0.400. The molecule has 2 aromatic rings. The van der Waals surface area contributed by atoms with Gasteiger partial charge in [0, 0.05) is 6.04 Å². The maximum atomic E-state index is 9.63. The Morgan fingerprint density at radius 2 is 1.95 bits per heavy atom. The van der Waals surface area contributed by atoms with Crippen molar-refractivity contribution in [2.24, 2.45) is 0 Å². The third-order valence-electron chi connectivity index (χ3n) is 3.32. The van der Waals surface area contributed by atoms with Gasteiger partial charge in [0.15, 0.2) is 0 Å². The second-order valence-corrected chi connectivity index (χ2v) is 5.18. The van der Waals surface area contributed by atoms with Gasteiger partial charge in [-0.1, -0.05) is 30.3 Å². The molecular formula is C15H22N4O. The predicted molar refractivity (Wildman–Crippen MR) is 81.7 cm³/mol. The molecule has 1 unspecified atom stereocenters. The van der Waals surface area contributed by atoms with Crippen LogP contribution in [0, 0.1) is 6.92 Å². The zero-order chi connectivity index (χ0) is 14.7. The van der Waals surface area contributed by atoms with Crippen molar-refractivity contribution in [1.82, 2.24) is 9.78 Å². The van der Waals surface area contributed by atoms with Gasteiger partial charge in [0.1, 0.15) is 5.82 Å². The molecule has 108 valence electrons. The van der Waals surface area contributed by atoms with E-state index in [-0.39, 0.29) is 18.7 Å². The van der Waals surface area contributed by atoms with Crippen molar-refractivity contribution < 1.29 is 5.11 Å². The number of anilines is 2. The van der Waals surface area contributed by atoms with Crippen LogP contribution in [0.5, 0.6) is 0 Å². The van der Waals surface area contributed by atoms with E-state index < -0.39 is 0 Å². The maximum absolute atomic E-state index is 9.63. The molecule has 0 aliphatic heterocycles. The first kappa shape index (κ1) is 14.4. The molecule has 1 atom stereocenters. The number of aryl methyl sites for hydroxylation is 1. The number of aromatic nitrogens is 2. The molecular weight excluding hydrogens is 252 g/mol. The number of nitrogens with two attached hydrogens (primary N) is 1. The smallest absolute Gasteiger partial charge is 0.148 e. The van der Waals surface area contributed by atoms with Crippen LogP contribution in [0.2, 0.25) is 0 Å². The minimum atomic E-state index is -0.202. The first-order valence-corrected chi connectivity index (χ1v) is 6.81. The highest BCUT2D eigenvalue weighted by Gasteiger charge is 2.18. The lowest BCUT2D eigenvalue weighted by Gasteiger charge is -2.20. The van der Waals surface area contributed by atoms with Gasteiger partial charge in [-0.05, 0) is 26.3 Å². The largest absolute Gasteiger partial charge is 0.394 e. The van der Waals surface area contributed by atoms with Crippen LogP contribution in [-0.4, -0.2) is 21.5 Å². The predicted octanol–water partition coefficient (Wildman–Crippen LogP) is 2.50. The summed E-state index contributed by atoms with van der Waals surface area (Å²) in [4.78, 5) is 0. The van der Waals surface area contributed by atoms with E-state index in [9.17, 15) is 5.11 Å². The van der Waals surface area contributed by atoms with Crippen LogP contribution in [0.4, 0.5) is 11.5 Å². The number of aliphatic hydroxyl groups excluding tert-OH is 1. The Morgan fingerprint density at radius 3 is 2.50 bits per heavy atom. The highest BCUT2D eigenvalue weighted by Crippen LogP contribution is 2.29. The standard InChI is InChI=1S/C15H22N4O/c1-10(2)19-15(14(16)11(3)18-19)17-13(9-20)12-7-5-4-6-8-12/h4-8,10,13,17,20H,9,16H2,1-3H3. The van der Waals surface area contributed by atoms with Gasteiger partial charge in [0.2, 0.25) is 0 Å². The first-order chi connectivity index (χ1) is 9.54. The summed E-state index contributed by atoms with van der Waals surface area (Å²) in [6.45, 7) is 5.97.